The molecule has 1 heterocycles. The first kappa shape index (κ1) is 8.71. The van der Waals surface area contributed by atoms with E-state index in [1.165, 1.54) is 4.88 Å². The van der Waals surface area contributed by atoms with Gasteiger partial charge in [0, 0.05) is 18.5 Å². The van der Waals surface area contributed by atoms with Gasteiger partial charge in [-0.15, -0.1) is 11.3 Å². The zero-order valence-corrected chi connectivity index (χ0v) is 7.65. The fraction of sp³-hybridized carbons (Fsp3) is 0.500. The largest absolute Gasteiger partial charge is 0.372 e. The number of thiophene rings is 1. The predicted molar refractivity (Wildman–Crippen MR) is 47.7 cm³/mol. The van der Waals surface area contributed by atoms with Crippen molar-refractivity contribution in [3.05, 3.63) is 22.4 Å². The van der Waals surface area contributed by atoms with Crippen molar-refractivity contribution in [2.45, 2.75) is 12.5 Å². The van der Waals surface area contributed by atoms with Crippen LogP contribution in [0.2, 0.25) is 0 Å². The van der Waals surface area contributed by atoms with E-state index in [-0.39, 0.29) is 5.60 Å². The Balaban J connectivity index is 2.87. The summed E-state index contributed by atoms with van der Waals surface area (Å²) in [5, 5.41) is 2.03. The Hall–Kier alpha value is -0.380. The molecule has 0 radical (unpaired) electrons. The van der Waals surface area contributed by atoms with Crippen molar-refractivity contribution in [3.63, 3.8) is 0 Å². The van der Waals surface area contributed by atoms with Crippen molar-refractivity contribution in [2.24, 2.45) is 5.73 Å². The van der Waals surface area contributed by atoms with Crippen molar-refractivity contribution in [1.29, 1.82) is 0 Å². The Bertz CT molecular complexity index is 204. The average molecular weight is 171 g/mol. The van der Waals surface area contributed by atoms with Crippen LogP contribution in [0.4, 0.5) is 0 Å². The molecule has 0 saturated heterocycles. The van der Waals surface area contributed by atoms with Crippen LogP contribution >= 0.6 is 11.3 Å². The van der Waals surface area contributed by atoms with E-state index in [4.69, 9.17) is 10.5 Å². The van der Waals surface area contributed by atoms with Crippen molar-refractivity contribution in [3.8, 4) is 0 Å². The number of nitrogens with two attached hydrogens (primary N) is 1. The molecule has 0 aliphatic heterocycles. The van der Waals surface area contributed by atoms with E-state index in [0.717, 1.165) is 0 Å². The van der Waals surface area contributed by atoms with Crippen molar-refractivity contribution >= 4 is 11.3 Å². The van der Waals surface area contributed by atoms with Crippen molar-refractivity contribution in [2.75, 3.05) is 13.7 Å². The highest BCUT2D eigenvalue weighted by molar-refractivity contribution is 7.10. The highest BCUT2D eigenvalue weighted by Gasteiger charge is 2.24. The molecule has 1 unspecified atom stereocenters. The van der Waals surface area contributed by atoms with Crippen LogP contribution in [0.25, 0.3) is 0 Å². The summed E-state index contributed by atoms with van der Waals surface area (Å²) in [6.45, 7) is 2.52. The van der Waals surface area contributed by atoms with Crippen LogP contribution in [0.15, 0.2) is 17.5 Å². The minimum Gasteiger partial charge on any atom is -0.372 e. The summed E-state index contributed by atoms with van der Waals surface area (Å²) >= 11 is 1.67. The molecule has 1 aromatic rings. The van der Waals surface area contributed by atoms with E-state index >= 15 is 0 Å². The summed E-state index contributed by atoms with van der Waals surface area (Å²) in [6.07, 6.45) is 0. The summed E-state index contributed by atoms with van der Waals surface area (Å²) in [5.74, 6) is 0. The Morgan fingerprint density at radius 3 is 2.82 bits per heavy atom. The molecule has 2 nitrogen and oxygen atoms in total. The average Bonchev–Trinajstić information content (AvgIpc) is 2.55. The molecule has 1 atom stereocenters. The van der Waals surface area contributed by atoms with Crippen molar-refractivity contribution in [1.82, 2.24) is 0 Å². The third kappa shape index (κ3) is 1.61. The lowest BCUT2D eigenvalue weighted by Crippen LogP contribution is -2.32. The maximum atomic E-state index is 5.59. The predicted octanol–water partition coefficient (Wildman–Crippen LogP) is 1.57. The normalized spacial score (nSPS) is 16.3. The Morgan fingerprint density at radius 1 is 1.73 bits per heavy atom. The fourth-order valence-electron chi connectivity index (χ4n) is 0.864. The van der Waals surface area contributed by atoms with E-state index in [9.17, 15) is 0 Å². The van der Waals surface area contributed by atoms with Crippen LogP contribution in [0.1, 0.15) is 11.8 Å². The van der Waals surface area contributed by atoms with Gasteiger partial charge in [0.2, 0.25) is 0 Å². The molecule has 1 rings (SSSR count). The molecule has 0 saturated carbocycles. The molecular formula is C8H13NOS. The van der Waals surface area contributed by atoms with Gasteiger partial charge in [-0.2, -0.15) is 0 Å². The van der Waals surface area contributed by atoms with Gasteiger partial charge >= 0.3 is 0 Å². The van der Waals surface area contributed by atoms with E-state index in [1.807, 2.05) is 24.4 Å². The molecule has 0 amide bonds. The first-order valence-corrected chi connectivity index (χ1v) is 4.40. The first-order valence-electron chi connectivity index (χ1n) is 3.52. The monoisotopic (exact) mass is 171 g/mol. The fourth-order valence-corrected chi connectivity index (χ4v) is 1.74. The van der Waals surface area contributed by atoms with E-state index in [2.05, 4.69) is 0 Å². The van der Waals surface area contributed by atoms with Gasteiger partial charge in [-0.3, -0.25) is 0 Å². The molecule has 0 fully saturated rings. The van der Waals surface area contributed by atoms with Crippen LogP contribution in [0, 0.1) is 0 Å². The molecule has 0 aliphatic carbocycles. The van der Waals surface area contributed by atoms with Gasteiger partial charge < -0.3 is 10.5 Å². The lowest BCUT2D eigenvalue weighted by Gasteiger charge is -2.24. The minimum atomic E-state index is -0.297. The molecular weight excluding hydrogens is 158 g/mol. The maximum Gasteiger partial charge on any atom is 0.111 e. The van der Waals surface area contributed by atoms with E-state index in [1.54, 1.807) is 18.4 Å². The maximum absolute atomic E-state index is 5.59. The Labute approximate surface area is 71.0 Å². The molecule has 2 N–H and O–H groups in total. The third-order valence-electron chi connectivity index (χ3n) is 1.88. The molecule has 62 valence electrons. The molecule has 0 aliphatic rings. The van der Waals surface area contributed by atoms with Crippen molar-refractivity contribution < 1.29 is 4.74 Å². The van der Waals surface area contributed by atoms with Crippen LogP contribution in [-0.2, 0) is 10.3 Å². The van der Waals surface area contributed by atoms with Gasteiger partial charge in [0.05, 0.1) is 0 Å². The molecule has 0 spiro atoms. The van der Waals surface area contributed by atoms with Gasteiger partial charge in [-0.05, 0) is 18.4 Å². The summed E-state index contributed by atoms with van der Waals surface area (Å²) in [4.78, 5) is 1.18. The second kappa shape index (κ2) is 3.34. The zero-order valence-electron chi connectivity index (χ0n) is 6.83. The standard InChI is InChI=1S/C8H13NOS/c1-8(6-9,10-2)7-4-3-5-11-7/h3-5H,6,9H2,1-2H3. The number of ether oxygens (including phenoxy) is 1. The van der Waals surface area contributed by atoms with Crippen LogP contribution < -0.4 is 5.73 Å². The highest BCUT2D eigenvalue weighted by Crippen LogP contribution is 2.27. The van der Waals surface area contributed by atoms with Crippen LogP contribution in [0.5, 0.6) is 0 Å². The Morgan fingerprint density at radius 2 is 2.45 bits per heavy atom. The van der Waals surface area contributed by atoms with Crippen LogP contribution in [-0.4, -0.2) is 13.7 Å². The minimum absolute atomic E-state index is 0.297. The number of methoxy groups -OCH3 is 1. The molecule has 0 bridgehead atoms. The highest BCUT2D eigenvalue weighted by atomic mass is 32.1. The summed E-state index contributed by atoms with van der Waals surface area (Å²) in [5.41, 5.74) is 5.29. The smallest absolute Gasteiger partial charge is 0.111 e. The van der Waals surface area contributed by atoms with Gasteiger partial charge in [0.25, 0.3) is 0 Å². The second-order valence-electron chi connectivity index (χ2n) is 2.62. The number of hydrogen-bond acceptors (Lipinski definition) is 3. The number of hydrogen-bond donors (Lipinski definition) is 1. The molecule has 0 aromatic carbocycles. The van der Waals surface area contributed by atoms with Gasteiger partial charge in [0.15, 0.2) is 0 Å². The van der Waals surface area contributed by atoms with Gasteiger partial charge in [0.1, 0.15) is 5.60 Å². The molecule has 1 aromatic heterocycles. The lowest BCUT2D eigenvalue weighted by atomic mass is 10.1. The topological polar surface area (TPSA) is 35.2 Å². The van der Waals surface area contributed by atoms with Gasteiger partial charge in [-0.1, -0.05) is 6.07 Å². The summed E-state index contributed by atoms with van der Waals surface area (Å²) in [6, 6.07) is 4.05. The van der Waals surface area contributed by atoms with E-state index in [0.29, 0.717) is 6.54 Å². The first-order chi connectivity index (χ1) is 5.23. The third-order valence-corrected chi connectivity index (χ3v) is 3.00. The van der Waals surface area contributed by atoms with E-state index < -0.39 is 0 Å². The Kier molecular flexibility index (Phi) is 2.65. The van der Waals surface area contributed by atoms with Gasteiger partial charge in [-0.25, -0.2) is 0 Å². The SMILES string of the molecule is COC(C)(CN)c1cccs1. The molecule has 11 heavy (non-hydrogen) atoms. The molecule has 3 heteroatoms. The quantitative estimate of drug-likeness (QED) is 0.749. The second-order valence-corrected chi connectivity index (χ2v) is 3.56. The lowest BCUT2D eigenvalue weighted by molar-refractivity contribution is 0.0132. The number of rotatable bonds is 3. The summed E-state index contributed by atoms with van der Waals surface area (Å²) < 4.78 is 5.32. The zero-order chi connectivity index (χ0) is 8.32. The van der Waals surface area contributed by atoms with Crippen LogP contribution in [0.3, 0.4) is 0 Å². The summed E-state index contributed by atoms with van der Waals surface area (Å²) in [7, 11) is 1.69.